The number of hydrogen-bond acceptors (Lipinski definition) is 3. The second kappa shape index (κ2) is 7.15. The molecule has 26 heavy (non-hydrogen) atoms. The summed E-state index contributed by atoms with van der Waals surface area (Å²) < 4.78 is 1.51. The lowest BCUT2D eigenvalue weighted by Crippen LogP contribution is -2.40. The van der Waals surface area contributed by atoms with Crippen LogP contribution in [-0.4, -0.2) is 29.0 Å². The number of amides is 2. The zero-order valence-corrected chi connectivity index (χ0v) is 15.2. The lowest BCUT2D eigenvalue weighted by molar-refractivity contribution is -0.117. The van der Waals surface area contributed by atoms with Crippen molar-refractivity contribution < 1.29 is 9.59 Å². The number of nitrogens with one attached hydrogen (secondary N) is 1. The number of rotatable bonds is 4. The highest BCUT2D eigenvalue weighted by atomic mass is 16.2. The van der Waals surface area contributed by atoms with Crippen molar-refractivity contribution in [1.29, 1.82) is 0 Å². The van der Waals surface area contributed by atoms with Crippen molar-refractivity contribution in [3.05, 3.63) is 64.1 Å². The first-order valence-electron chi connectivity index (χ1n) is 8.74. The van der Waals surface area contributed by atoms with Gasteiger partial charge in [0.2, 0.25) is 5.91 Å². The van der Waals surface area contributed by atoms with E-state index in [0.29, 0.717) is 6.54 Å². The van der Waals surface area contributed by atoms with E-state index in [1.54, 1.807) is 24.1 Å². The number of para-hydroxylation sites is 1. The average molecular weight is 353 g/mol. The third-order valence-electron chi connectivity index (χ3n) is 4.71. The highest BCUT2D eigenvalue weighted by molar-refractivity contribution is 5.98. The van der Waals surface area contributed by atoms with E-state index in [1.807, 2.05) is 44.2 Å². The molecule has 0 radical (unpaired) electrons. The van der Waals surface area contributed by atoms with Crippen LogP contribution in [0.3, 0.4) is 0 Å². The van der Waals surface area contributed by atoms with Crippen LogP contribution in [0, 0.1) is 0 Å². The van der Waals surface area contributed by atoms with Crippen LogP contribution < -0.4 is 15.8 Å². The lowest BCUT2D eigenvalue weighted by atomic mass is 10.1. The van der Waals surface area contributed by atoms with Crippen LogP contribution in [0.4, 0.5) is 5.69 Å². The third-order valence-corrected chi connectivity index (χ3v) is 4.71. The second-order valence-electron chi connectivity index (χ2n) is 6.91. The molecule has 1 aromatic heterocycles. The normalized spacial score (nSPS) is 17.0. The van der Waals surface area contributed by atoms with Crippen molar-refractivity contribution >= 4 is 17.5 Å². The maximum Gasteiger partial charge on any atom is 0.263 e. The van der Waals surface area contributed by atoms with Crippen molar-refractivity contribution in [3.8, 4) is 0 Å². The largest absolute Gasteiger partial charge is 0.347 e. The highest BCUT2D eigenvalue weighted by Crippen LogP contribution is 2.21. The van der Waals surface area contributed by atoms with E-state index in [-0.39, 0.29) is 35.4 Å². The van der Waals surface area contributed by atoms with Gasteiger partial charge in [0.05, 0.1) is 6.04 Å². The molecule has 1 aliphatic rings. The summed E-state index contributed by atoms with van der Waals surface area (Å²) >= 11 is 0. The summed E-state index contributed by atoms with van der Waals surface area (Å²) in [6.45, 7) is 4.40. The topological polar surface area (TPSA) is 71.4 Å². The first kappa shape index (κ1) is 17.9. The van der Waals surface area contributed by atoms with Crippen molar-refractivity contribution in [2.45, 2.75) is 32.2 Å². The SMILES string of the molecule is CC(C)c1ccc(C(=O)N[C@H]2CC(=O)N(c3ccccc3)C2)c(=O)n1C. The molecule has 3 rings (SSSR count). The molecule has 0 spiro atoms. The molecule has 2 heterocycles. The minimum Gasteiger partial charge on any atom is -0.347 e. The van der Waals surface area contributed by atoms with Gasteiger partial charge < -0.3 is 14.8 Å². The van der Waals surface area contributed by atoms with Crippen molar-refractivity contribution in [2.75, 3.05) is 11.4 Å². The average Bonchev–Trinajstić information content (AvgIpc) is 2.97. The van der Waals surface area contributed by atoms with Crippen LogP contribution in [0.25, 0.3) is 0 Å². The van der Waals surface area contributed by atoms with Crippen LogP contribution in [0.15, 0.2) is 47.3 Å². The molecule has 6 heteroatoms. The second-order valence-corrected chi connectivity index (χ2v) is 6.91. The molecule has 0 saturated carbocycles. The Morgan fingerprint density at radius 2 is 1.81 bits per heavy atom. The predicted molar refractivity (Wildman–Crippen MR) is 100 cm³/mol. The predicted octanol–water partition coefficient (Wildman–Crippen LogP) is 2.04. The fraction of sp³-hybridized carbons (Fsp3) is 0.350. The molecule has 0 aliphatic carbocycles. The molecule has 1 N–H and O–H groups in total. The molecule has 1 atom stereocenters. The van der Waals surface area contributed by atoms with Gasteiger partial charge in [-0.2, -0.15) is 0 Å². The number of pyridine rings is 1. The summed E-state index contributed by atoms with van der Waals surface area (Å²) in [5.41, 5.74) is 1.46. The van der Waals surface area contributed by atoms with Crippen LogP contribution >= 0.6 is 0 Å². The quantitative estimate of drug-likeness (QED) is 0.914. The smallest absolute Gasteiger partial charge is 0.263 e. The van der Waals surface area contributed by atoms with Gasteiger partial charge in [0.1, 0.15) is 5.56 Å². The molecule has 1 aliphatic heterocycles. The number of anilines is 1. The Hall–Kier alpha value is -2.89. The zero-order valence-electron chi connectivity index (χ0n) is 15.2. The first-order chi connectivity index (χ1) is 12.4. The monoisotopic (exact) mass is 353 g/mol. The summed E-state index contributed by atoms with van der Waals surface area (Å²) in [4.78, 5) is 38.9. The Labute approximate surface area is 152 Å². The Balaban J connectivity index is 1.74. The zero-order chi connectivity index (χ0) is 18.8. The summed E-state index contributed by atoms with van der Waals surface area (Å²) in [7, 11) is 1.67. The van der Waals surface area contributed by atoms with Gasteiger partial charge in [0.25, 0.3) is 11.5 Å². The summed E-state index contributed by atoms with van der Waals surface area (Å²) in [6, 6.07) is 12.4. The fourth-order valence-corrected chi connectivity index (χ4v) is 3.33. The van der Waals surface area contributed by atoms with E-state index in [4.69, 9.17) is 0 Å². The van der Waals surface area contributed by atoms with Gasteiger partial charge in [-0.3, -0.25) is 14.4 Å². The fourth-order valence-electron chi connectivity index (χ4n) is 3.33. The number of hydrogen-bond donors (Lipinski definition) is 1. The number of nitrogens with zero attached hydrogens (tertiary/aromatic N) is 2. The molecule has 1 aromatic carbocycles. The van der Waals surface area contributed by atoms with Gasteiger partial charge in [-0.05, 0) is 30.2 Å². The third kappa shape index (κ3) is 3.40. The molecule has 1 fully saturated rings. The molecule has 136 valence electrons. The molecular weight excluding hydrogens is 330 g/mol. The molecule has 2 aromatic rings. The molecule has 0 unspecified atom stereocenters. The van der Waals surface area contributed by atoms with E-state index < -0.39 is 5.91 Å². The number of aromatic nitrogens is 1. The summed E-state index contributed by atoms with van der Waals surface area (Å²) in [6.07, 6.45) is 0.227. The summed E-state index contributed by atoms with van der Waals surface area (Å²) in [5.74, 6) is -0.283. The maximum absolute atomic E-state index is 12.6. The molecule has 2 amide bonds. The van der Waals surface area contributed by atoms with Crippen molar-refractivity contribution in [1.82, 2.24) is 9.88 Å². The first-order valence-corrected chi connectivity index (χ1v) is 8.74. The van der Waals surface area contributed by atoms with Crippen LogP contribution in [0.1, 0.15) is 42.2 Å². The highest BCUT2D eigenvalue weighted by Gasteiger charge is 2.32. The van der Waals surface area contributed by atoms with Crippen LogP contribution in [0.2, 0.25) is 0 Å². The summed E-state index contributed by atoms with van der Waals surface area (Å²) in [5, 5.41) is 2.83. The Morgan fingerprint density at radius 3 is 2.46 bits per heavy atom. The minimum absolute atomic E-state index is 0.0374. The van der Waals surface area contributed by atoms with Crippen molar-refractivity contribution in [3.63, 3.8) is 0 Å². The standard InChI is InChI=1S/C20H23N3O3/c1-13(2)17-10-9-16(20(26)22(17)3)19(25)21-14-11-18(24)23(12-14)15-7-5-4-6-8-15/h4-10,13-14H,11-12H2,1-3H3,(H,21,25)/t14-/m0/s1. The van der Waals surface area contributed by atoms with Crippen molar-refractivity contribution in [2.24, 2.45) is 7.05 Å². The van der Waals surface area contributed by atoms with Gasteiger partial charge in [0, 0.05) is 31.4 Å². The molecule has 0 bridgehead atoms. The van der Waals surface area contributed by atoms with E-state index in [9.17, 15) is 14.4 Å². The number of carbonyl (C=O) groups excluding carboxylic acids is 2. The maximum atomic E-state index is 12.6. The Morgan fingerprint density at radius 1 is 1.12 bits per heavy atom. The van der Waals surface area contributed by atoms with Gasteiger partial charge in [-0.25, -0.2) is 0 Å². The Kier molecular flexibility index (Phi) is 4.93. The van der Waals surface area contributed by atoms with Gasteiger partial charge in [-0.15, -0.1) is 0 Å². The van der Waals surface area contributed by atoms with Gasteiger partial charge in [0.15, 0.2) is 0 Å². The van der Waals surface area contributed by atoms with E-state index in [1.165, 1.54) is 4.57 Å². The van der Waals surface area contributed by atoms with Gasteiger partial charge >= 0.3 is 0 Å². The van der Waals surface area contributed by atoms with E-state index in [0.717, 1.165) is 11.4 Å². The van der Waals surface area contributed by atoms with Gasteiger partial charge in [-0.1, -0.05) is 32.0 Å². The van der Waals surface area contributed by atoms with Crippen LogP contribution in [0.5, 0.6) is 0 Å². The molecular formula is C20H23N3O3. The molecule has 1 saturated heterocycles. The number of benzene rings is 1. The van der Waals surface area contributed by atoms with Crippen LogP contribution in [-0.2, 0) is 11.8 Å². The van der Waals surface area contributed by atoms with E-state index in [2.05, 4.69) is 5.32 Å². The lowest BCUT2D eigenvalue weighted by Gasteiger charge is -2.17. The molecule has 6 nitrogen and oxygen atoms in total. The Bertz CT molecular complexity index is 887. The van der Waals surface area contributed by atoms with E-state index >= 15 is 0 Å². The number of carbonyl (C=O) groups is 2. The minimum atomic E-state index is -0.436.